The number of ketones is 1. The topological polar surface area (TPSA) is 26.3 Å². The van der Waals surface area contributed by atoms with Gasteiger partial charge < -0.3 is 4.74 Å². The maximum atomic E-state index is 12.3. The van der Waals surface area contributed by atoms with Crippen molar-refractivity contribution in [3.63, 3.8) is 0 Å². The van der Waals surface area contributed by atoms with Crippen LogP contribution in [0.4, 0.5) is 0 Å². The molecule has 0 N–H and O–H groups in total. The second-order valence-electron chi connectivity index (χ2n) is 5.30. The number of hydrogen-bond donors (Lipinski definition) is 0. The van der Waals surface area contributed by atoms with E-state index in [0.717, 1.165) is 33.6 Å². The highest BCUT2D eigenvalue weighted by atomic mass is 16.5. The lowest BCUT2D eigenvalue weighted by Crippen LogP contribution is -2.13. The Morgan fingerprint density at radius 2 is 1.50 bits per heavy atom. The summed E-state index contributed by atoms with van der Waals surface area (Å²) in [4.78, 5) is 12.3. The maximum Gasteiger partial charge on any atom is 0.200 e. The van der Waals surface area contributed by atoms with E-state index >= 15 is 0 Å². The van der Waals surface area contributed by atoms with E-state index in [4.69, 9.17) is 4.74 Å². The number of rotatable bonds is 4. The fraction of sp³-hybridized carbons (Fsp3) is 0.278. The first-order valence-corrected chi connectivity index (χ1v) is 6.78. The molecule has 0 bridgehead atoms. The first kappa shape index (κ1) is 14.3. The zero-order chi connectivity index (χ0) is 14.7. The van der Waals surface area contributed by atoms with Crippen molar-refractivity contribution in [2.24, 2.45) is 0 Å². The lowest BCUT2D eigenvalue weighted by molar-refractivity contribution is 0.0920. The lowest BCUT2D eigenvalue weighted by atomic mass is 10.0. The third-order valence-electron chi connectivity index (χ3n) is 3.40. The van der Waals surface area contributed by atoms with Gasteiger partial charge in [0.2, 0.25) is 0 Å². The summed E-state index contributed by atoms with van der Waals surface area (Å²) >= 11 is 0. The van der Waals surface area contributed by atoms with Gasteiger partial charge >= 0.3 is 0 Å². The summed E-state index contributed by atoms with van der Waals surface area (Å²) in [6.07, 6.45) is 0. The van der Waals surface area contributed by atoms with Crippen molar-refractivity contribution in [1.82, 2.24) is 0 Å². The molecule has 0 aromatic heterocycles. The Kier molecular flexibility index (Phi) is 4.23. The van der Waals surface area contributed by atoms with Crippen LogP contribution in [-0.2, 0) is 0 Å². The zero-order valence-corrected chi connectivity index (χ0v) is 12.5. The summed E-state index contributed by atoms with van der Waals surface area (Å²) in [5.74, 6) is 0.802. The van der Waals surface area contributed by atoms with Crippen molar-refractivity contribution < 1.29 is 9.53 Å². The second-order valence-corrected chi connectivity index (χ2v) is 5.30. The number of hydrogen-bond acceptors (Lipinski definition) is 2. The molecule has 0 radical (unpaired) electrons. The summed E-state index contributed by atoms with van der Waals surface area (Å²) in [6, 6.07) is 11.9. The summed E-state index contributed by atoms with van der Waals surface area (Å²) in [6.45, 7) is 8.01. The van der Waals surface area contributed by atoms with Crippen LogP contribution in [-0.4, -0.2) is 12.4 Å². The van der Waals surface area contributed by atoms with E-state index in [-0.39, 0.29) is 12.4 Å². The monoisotopic (exact) mass is 268 g/mol. The summed E-state index contributed by atoms with van der Waals surface area (Å²) in [7, 11) is 0. The van der Waals surface area contributed by atoms with Crippen LogP contribution in [0.15, 0.2) is 36.4 Å². The average molecular weight is 268 g/mol. The van der Waals surface area contributed by atoms with Crippen molar-refractivity contribution in [3.8, 4) is 5.75 Å². The standard InChI is InChI=1S/C18H20O2/c1-12-5-7-14(3)16(9-12)17(19)11-20-18-10-13(2)6-8-15(18)4/h5-10H,11H2,1-4H3. The van der Waals surface area contributed by atoms with E-state index in [2.05, 4.69) is 0 Å². The first-order valence-electron chi connectivity index (χ1n) is 6.78. The molecule has 0 aliphatic heterocycles. The highest BCUT2D eigenvalue weighted by Gasteiger charge is 2.11. The minimum atomic E-state index is 0.0205. The fourth-order valence-electron chi connectivity index (χ4n) is 2.12. The molecule has 0 saturated heterocycles. The van der Waals surface area contributed by atoms with E-state index in [0.29, 0.717) is 0 Å². The molecule has 0 fully saturated rings. The van der Waals surface area contributed by atoms with E-state index in [1.807, 2.05) is 64.1 Å². The number of carbonyl (C=O) groups excluding carboxylic acids is 1. The molecular formula is C18H20O2. The highest BCUT2D eigenvalue weighted by Crippen LogP contribution is 2.20. The fourth-order valence-corrected chi connectivity index (χ4v) is 2.12. The summed E-state index contributed by atoms with van der Waals surface area (Å²) in [5, 5.41) is 0. The quantitative estimate of drug-likeness (QED) is 0.777. The third kappa shape index (κ3) is 3.27. The number of Topliss-reactive ketones (excluding diaryl/α,β-unsaturated/α-hetero) is 1. The molecule has 2 rings (SSSR count). The maximum absolute atomic E-state index is 12.3. The van der Waals surface area contributed by atoms with E-state index in [1.165, 1.54) is 0 Å². The van der Waals surface area contributed by atoms with Gasteiger partial charge in [-0.25, -0.2) is 0 Å². The van der Waals surface area contributed by atoms with Crippen molar-refractivity contribution in [3.05, 3.63) is 64.2 Å². The molecule has 20 heavy (non-hydrogen) atoms. The van der Waals surface area contributed by atoms with Crippen LogP contribution in [0.1, 0.15) is 32.6 Å². The van der Waals surface area contributed by atoms with E-state index in [1.54, 1.807) is 0 Å². The molecule has 0 amide bonds. The number of carbonyl (C=O) groups is 1. The Labute approximate surface area is 120 Å². The number of ether oxygens (including phenoxy) is 1. The Hall–Kier alpha value is -2.09. The Balaban J connectivity index is 2.12. The van der Waals surface area contributed by atoms with Crippen molar-refractivity contribution >= 4 is 5.78 Å². The van der Waals surface area contributed by atoms with Crippen molar-refractivity contribution in [2.75, 3.05) is 6.61 Å². The van der Waals surface area contributed by atoms with Gasteiger partial charge in [0.25, 0.3) is 0 Å². The highest BCUT2D eigenvalue weighted by molar-refractivity contribution is 5.98. The molecule has 2 nitrogen and oxygen atoms in total. The van der Waals surface area contributed by atoms with Crippen LogP contribution in [0.3, 0.4) is 0 Å². The van der Waals surface area contributed by atoms with Gasteiger partial charge in [0.1, 0.15) is 5.75 Å². The van der Waals surface area contributed by atoms with E-state index < -0.39 is 0 Å². The normalized spacial score (nSPS) is 10.4. The average Bonchev–Trinajstić information content (AvgIpc) is 2.42. The van der Waals surface area contributed by atoms with Gasteiger partial charge in [-0.2, -0.15) is 0 Å². The van der Waals surface area contributed by atoms with Gasteiger partial charge in [-0.05, 0) is 56.5 Å². The molecule has 2 aromatic carbocycles. The van der Waals surface area contributed by atoms with Crippen LogP contribution in [0.25, 0.3) is 0 Å². The predicted octanol–water partition coefficient (Wildman–Crippen LogP) is 4.18. The van der Waals surface area contributed by atoms with Crippen molar-refractivity contribution in [2.45, 2.75) is 27.7 Å². The molecular weight excluding hydrogens is 248 g/mol. The van der Waals surface area contributed by atoms with Gasteiger partial charge in [-0.15, -0.1) is 0 Å². The van der Waals surface area contributed by atoms with Gasteiger partial charge in [-0.3, -0.25) is 4.79 Å². The molecule has 0 saturated carbocycles. The SMILES string of the molecule is Cc1ccc(C)c(OCC(=O)c2cc(C)ccc2C)c1. The smallest absolute Gasteiger partial charge is 0.200 e. The summed E-state index contributed by atoms with van der Waals surface area (Å²) < 4.78 is 5.68. The van der Waals surface area contributed by atoms with Gasteiger partial charge in [-0.1, -0.05) is 29.8 Å². The Morgan fingerprint density at radius 3 is 2.20 bits per heavy atom. The molecule has 0 atom stereocenters. The number of benzene rings is 2. The lowest BCUT2D eigenvalue weighted by Gasteiger charge is -2.11. The van der Waals surface area contributed by atoms with Crippen LogP contribution < -0.4 is 4.74 Å². The molecule has 0 spiro atoms. The molecule has 0 heterocycles. The van der Waals surface area contributed by atoms with Crippen molar-refractivity contribution in [1.29, 1.82) is 0 Å². The third-order valence-corrected chi connectivity index (χ3v) is 3.40. The molecule has 2 aromatic rings. The van der Waals surface area contributed by atoms with E-state index in [9.17, 15) is 4.79 Å². The minimum absolute atomic E-state index is 0.0205. The van der Waals surface area contributed by atoms with Gasteiger partial charge in [0.05, 0.1) is 0 Å². The molecule has 0 unspecified atom stereocenters. The van der Waals surface area contributed by atoms with Crippen LogP contribution in [0.2, 0.25) is 0 Å². The predicted molar refractivity (Wildman–Crippen MR) is 81.7 cm³/mol. The first-order chi connectivity index (χ1) is 9.47. The summed E-state index contributed by atoms with van der Waals surface area (Å²) in [5.41, 5.74) is 5.00. The zero-order valence-electron chi connectivity index (χ0n) is 12.5. The van der Waals surface area contributed by atoms with Crippen LogP contribution in [0, 0.1) is 27.7 Å². The Morgan fingerprint density at radius 1 is 0.900 bits per heavy atom. The molecule has 0 aliphatic rings. The van der Waals surface area contributed by atoms with Gasteiger partial charge in [0, 0.05) is 5.56 Å². The van der Waals surface area contributed by atoms with Crippen LogP contribution in [0.5, 0.6) is 5.75 Å². The molecule has 2 heteroatoms. The molecule has 0 aliphatic carbocycles. The minimum Gasteiger partial charge on any atom is -0.485 e. The number of aryl methyl sites for hydroxylation is 4. The molecule has 104 valence electrons. The van der Waals surface area contributed by atoms with Crippen LogP contribution >= 0.6 is 0 Å². The second kappa shape index (κ2) is 5.91. The largest absolute Gasteiger partial charge is 0.485 e. The Bertz CT molecular complexity index is 642. The van der Waals surface area contributed by atoms with Gasteiger partial charge in [0.15, 0.2) is 12.4 Å².